The van der Waals surface area contributed by atoms with Crippen LogP contribution >= 0.6 is 0 Å². The van der Waals surface area contributed by atoms with Gasteiger partial charge in [-0.15, -0.1) is 0 Å². The molecule has 0 bridgehead atoms. The molecule has 0 saturated carbocycles. The van der Waals surface area contributed by atoms with E-state index < -0.39 is 0 Å². The molecule has 5 nitrogen and oxygen atoms in total. The number of aromatic nitrogens is 1. The summed E-state index contributed by atoms with van der Waals surface area (Å²) >= 11 is 0. The first kappa shape index (κ1) is 19.5. The van der Waals surface area contributed by atoms with Crippen molar-refractivity contribution in [2.45, 2.75) is 40.0 Å². The Balaban J connectivity index is 1.69. The minimum Gasteiger partial charge on any atom is -0.348 e. The van der Waals surface area contributed by atoms with Crippen molar-refractivity contribution in [3.63, 3.8) is 0 Å². The maximum Gasteiger partial charge on any atom is 0.227 e. The van der Waals surface area contributed by atoms with Crippen LogP contribution in [-0.2, 0) is 23.1 Å². The summed E-state index contributed by atoms with van der Waals surface area (Å²) < 4.78 is 2.16. The number of carbonyl (C=O) groups excluding carboxylic acids is 2. The number of benzene rings is 1. The highest BCUT2D eigenvalue weighted by Gasteiger charge is 2.24. The maximum absolute atomic E-state index is 13.0. The summed E-state index contributed by atoms with van der Waals surface area (Å²) in [6, 6.07) is 8.25. The van der Waals surface area contributed by atoms with Crippen molar-refractivity contribution in [1.29, 1.82) is 0 Å². The van der Waals surface area contributed by atoms with Gasteiger partial charge < -0.3 is 14.4 Å². The molecule has 1 aliphatic rings. The van der Waals surface area contributed by atoms with Gasteiger partial charge in [0.15, 0.2) is 0 Å². The van der Waals surface area contributed by atoms with Crippen molar-refractivity contribution in [3.8, 4) is 0 Å². The van der Waals surface area contributed by atoms with Gasteiger partial charge in [-0.2, -0.15) is 0 Å². The predicted octanol–water partition coefficient (Wildman–Crippen LogP) is 3.14. The number of hydrogen-bond acceptors (Lipinski definition) is 2. The first-order chi connectivity index (χ1) is 12.9. The Bertz CT molecular complexity index is 837. The highest BCUT2D eigenvalue weighted by molar-refractivity contribution is 5.90. The Morgan fingerprint density at radius 2 is 1.63 bits per heavy atom. The van der Waals surface area contributed by atoms with Crippen LogP contribution in [0.4, 0.5) is 0 Å². The Kier molecular flexibility index (Phi) is 5.88. The lowest BCUT2D eigenvalue weighted by atomic mass is 10.1. The van der Waals surface area contributed by atoms with Crippen LogP contribution < -0.4 is 0 Å². The smallest absolute Gasteiger partial charge is 0.227 e. The molecule has 1 aliphatic heterocycles. The highest BCUT2D eigenvalue weighted by Crippen LogP contribution is 2.25. The van der Waals surface area contributed by atoms with Crippen LogP contribution in [0.1, 0.15) is 37.9 Å². The van der Waals surface area contributed by atoms with Crippen LogP contribution in [0.15, 0.2) is 24.3 Å². The Morgan fingerprint density at radius 1 is 1.00 bits per heavy atom. The molecule has 0 N–H and O–H groups in total. The van der Waals surface area contributed by atoms with Crippen molar-refractivity contribution < 1.29 is 9.59 Å². The molecule has 2 aromatic rings. The molecule has 0 spiro atoms. The second-order valence-corrected chi connectivity index (χ2v) is 8.03. The van der Waals surface area contributed by atoms with E-state index in [1.807, 2.05) is 21.9 Å². The topological polar surface area (TPSA) is 45.6 Å². The fraction of sp³-hybridized carbons (Fsp3) is 0.545. The van der Waals surface area contributed by atoms with E-state index in [9.17, 15) is 9.59 Å². The summed E-state index contributed by atoms with van der Waals surface area (Å²) in [7, 11) is 2.05. The van der Waals surface area contributed by atoms with Crippen molar-refractivity contribution >= 4 is 22.7 Å². The number of aryl methyl sites for hydroxylation is 1. The van der Waals surface area contributed by atoms with Gasteiger partial charge in [0, 0.05) is 56.2 Å². The Morgan fingerprint density at radius 3 is 2.30 bits per heavy atom. The largest absolute Gasteiger partial charge is 0.348 e. The molecule has 1 aromatic carbocycles. The summed E-state index contributed by atoms with van der Waals surface area (Å²) in [6.45, 7) is 8.97. The maximum atomic E-state index is 13.0. The van der Waals surface area contributed by atoms with Crippen molar-refractivity contribution in [2.75, 3.05) is 26.2 Å². The minimum absolute atomic E-state index is 0.160. The van der Waals surface area contributed by atoms with Crippen molar-refractivity contribution in [2.24, 2.45) is 13.0 Å². The van der Waals surface area contributed by atoms with E-state index in [1.165, 1.54) is 5.52 Å². The number of rotatable bonds is 4. The van der Waals surface area contributed by atoms with Crippen molar-refractivity contribution in [1.82, 2.24) is 14.4 Å². The summed E-state index contributed by atoms with van der Waals surface area (Å²) in [6.07, 6.45) is 1.86. The van der Waals surface area contributed by atoms with Gasteiger partial charge in [-0.25, -0.2) is 0 Å². The molecular formula is C22H31N3O2. The van der Waals surface area contributed by atoms with Gasteiger partial charge >= 0.3 is 0 Å². The van der Waals surface area contributed by atoms with Crippen molar-refractivity contribution in [3.05, 3.63) is 35.5 Å². The summed E-state index contributed by atoms with van der Waals surface area (Å²) in [5.41, 5.74) is 3.43. The normalized spacial score (nSPS) is 15.4. The van der Waals surface area contributed by atoms with Gasteiger partial charge in [0.05, 0.1) is 6.42 Å². The van der Waals surface area contributed by atoms with Gasteiger partial charge in [-0.1, -0.05) is 32.0 Å². The van der Waals surface area contributed by atoms with Gasteiger partial charge in [0.2, 0.25) is 11.8 Å². The number of carbonyl (C=O) groups is 2. The molecule has 1 aromatic heterocycles. The fourth-order valence-electron chi connectivity index (χ4n) is 3.98. The van der Waals surface area contributed by atoms with E-state index >= 15 is 0 Å². The monoisotopic (exact) mass is 369 g/mol. The van der Waals surface area contributed by atoms with Gasteiger partial charge in [0.1, 0.15) is 0 Å². The lowest BCUT2D eigenvalue weighted by Gasteiger charge is -2.23. The Hall–Kier alpha value is -2.30. The van der Waals surface area contributed by atoms with Gasteiger partial charge in [-0.05, 0) is 30.9 Å². The zero-order valence-corrected chi connectivity index (χ0v) is 17.0. The Labute approximate surface area is 161 Å². The lowest BCUT2D eigenvalue weighted by Crippen LogP contribution is -2.38. The molecule has 146 valence electrons. The average molecular weight is 370 g/mol. The summed E-state index contributed by atoms with van der Waals surface area (Å²) in [5, 5.41) is 1.16. The molecule has 1 fully saturated rings. The minimum atomic E-state index is 0.160. The first-order valence-electron chi connectivity index (χ1n) is 9.97. The SMILES string of the molecule is Cc1c(CC(=O)N2CCCN(C(=O)CC(C)C)CC2)c2ccccc2n1C. The number of fused-ring (bicyclic) bond motifs is 1. The van der Waals surface area contributed by atoms with E-state index in [4.69, 9.17) is 0 Å². The van der Waals surface area contributed by atoms with E-state index in [2.05, 4.69) is 44.5 Å². The predicted molar refractivity (Wildman–Crippen MR) is 109 cm³/mol. The van der Waals surface area contributed by atoms with Crippen LogP contribution in [0.3, 0.4) is 0 Å². The molecule has 2 heterocycles. The van der Waals surface area contributed by atoms with Crippen LogP contribution in [0.5, 0.6) is 0 Å². The molecule has 0 aliphatic carbocycles. The standard InChI is InChI=1S/C22H31N3O2/c1-16(2)14-21(26)24-10-7-11-25(13-12-24)22(27)15-19-17(3)23(4)20-9-6-5-8-18(19)20/h5-6,8-9,16H,7,10-15H2,1-4H3. The third-order valence-corrected chi connectivity index (χ3v) is 5.64. The van der Waals surface area contributed by atoms with E-state index in [0.29, 0.717) is 31.8 Å². The number of nitrogens with zero attached hydrogens (tertiary/aromatic N) is 3. The summed E-state index contributed by atoms with van der Waals surface area (Å²) in [5.74, 6) is 0.740. The highest BCUT2D eigenvalue weighted by atomic mass is 16.2. The average Bonchev–Trinajstić information content (AvgIpc) is 2.83. The lowest BCUT2D eigenvalue weighted by molar-refractivity contribution is -0.133. The van der Waals surface area contributed by atoms with E-state index in [1.54, 1.807) is 0 Å². The third-order valence-electron chi connectivity index (χ3n) is 5.64. The number of amides is 2. The molecule has 27 heavy (non-hydrogen) atoms. The quantitative estimate of drug-likeness (QED) is 0.831. The van der Waals surface area contributed by atoms with Gasteiger partial charge in [-0.3, -0.25) is 9.59 Å². The molecule has 0 radical (unpaired) electrons. The first-order valence-corrected chi connectivity index (χ1v) is 9.97. The van der Waals surface area contributed by atoms with Gasteiger partial charge in [0.25, 0.3) is 0 Å². The molecule has 2 amide bonds. The molecule has 0 atom stereocenters. The number of hydrogen-bond donors (Lipinski definition) is 0. The zero-order valence-electron chi connectivity index (χ0n) is 17.0. The molecule has 1 saturated heterocycles. The van der Waals surface area contributed by atoms with Crippen LogP contribution in [0.2, 0.25) is 0 Å². The summed E-state index contributed by atoms with van der Waals surface area (Å²) in [4.78, 5) is 29.2. The second kappa shape index (κ2) is 8.15. The fourth-order valence-corrected chi connectivity index (χ4v) is 3.98. The zero-order chi connectivity index (χ0) is 19.6. The molecule has 0 unspecified atom stereocenters. The molecule has 3 rings (SSSR count). The van der Waals surface area contributed by atoms with E-state index in [-0.39, 0.29) is 11.8 Å². The van der Waals surface area contributed by atoms with Crippen LogP contribution in [0.25, 0.3) is 10.9 Å². The second-order valence-electron chi connectivity index (χ2n) is 8.03. The molecule has 5 heteroatoms. The van der Waals surface area contributed by atoms with Crippen LogP contribution in [-0.4, -0.2) is 52.4 Å². The van der Waals surface area contributed by atoms with E-state index in [0.717, 1.165) is 36.2 Å². The third kappa shape index (κ3) is 4.18. The number of para-hydroxylation sites is 1. The molecular weight excluding hydrogens is 338 g/mol. The van der Waals surface area contributed by atoms with Crippen LogP contribution in [0, 0.1) is 12.8 Å².